The average Bonchev–Trinajstić information content (AvgIpc) is 3.68. The lowest BCUT2D eigenvalue weighted by Gasteiger charge is -2.40. The Morgan fingerprint density at radius 2 is 1.78 bits per heavy atom. The summed E-state index contributed by atoms with van der Waals surface area (Å²) in [5, 5.41) is 12.3. The van der Waals surface area contributed by atoms with Crippen LogP contribution in [0.15, 0.2) is 12.1 Å². The molecule has 3 aliphatic rings. The largest absolute Gasteiger partial charge is 0.465 e. The summed E-state index contributed by atoms with van der Waals surface area (Å²) in [6.07, 6.45) is 9.78. The Morgan fingerprint density at radius 3 is 2.43 bits per heavy atom. The van der Waals surface area contributed by atoms with Gasteiger partial charge in [-0.2, -0.15) is 0 Å². The van der Waals surface area contributed by atoms with Gasteiger partial charge in [0.1, 0.15) is 16.5 Å². The quantitative estimate of drug-likeness (QED) is 0.453. The van der Waals surface area contributed by atoms with Crippen molar-refractivity contribution in [2.75, 3.05) is 13.7 Å². The fourth-order valence-corrected chi connectivity index (χ4v) is 7.86. The number of esters is 1. The number of aryl methyl sites for hydroxylation is 1. The molecule has 2 aliphatic heterocycles. The first kappa shape index (κ1) is 26.4. The molecule has 1 saturated carbocycles. The maximum Gasteiger partial charge on any atom is 0.348 e. The zero-order valence-corrected chi connectivity index (χ0v) is 23.4. The number of hydrogen-bond donors (Lipinski definition) is 1. The minimum Gasteiger partial charge on any atom is -0.465 e. The zero-order chi connectivity index (χ0) is 26.1. The van der Waals surface area contributed by atoms with E-state index in [2.05, 4.69) is 45.8 Å². The predicted molar refractivity (Wildman–Crippen MR) is 144 cm³/mol. The monoisotopic (exact) mass is 527 g/mol. The van der Waals surface area contributed by atoms with Crippen LogP contribution in [0.1, 0.15) is 116 Å². The van der Waals surface area contributed by atoms with Gasteiger partial charge in [-0.05, 0) is 64.0 Å². The van der Waals surface area contributed by atoms with Gasteiger partial charge in [-0.15, -0.1) is 21.5 Å². The number of nitrogens with one attached hydrogen (secondary N) is 1. The molecule has 2 saturated heterocycles. The molecule has 202 valence electrons. The summed E-state index contributed by atoms with van der Waals surface area (Å²) in [5.74, 6) is 2.46. The third kappa shape index (κ3) is 5.48. The third-order valence-electron chi connectivity index (χ3n) is 8.71. The molecule has 2 aromatic heterocycles. The summed E-state index contributed by atoms with van der Waals surface area (Å²) in [6.45, 7) is 7.41. The number of aromatic nitrogens is 3. The Balaban J connectivity index is 1.28. The van der Waals surface area contributed by atoms with Crippen molar-refractivity contribution in [3.63, 3.8) is 0 Å². The van der Waals surface area contributed by atoms with Gasteiger partial charge < -0.3 is 14.6 Å². The predicted octanol–water partition coefficient (Wildman–Crippen LogP) is 5.16. The van der Waals surface area contributed by atoms with E-state index in [-0.39, 0.29) is 23.8 Å². The molecule has 3 atom stereocenters. The Morgan fingerprint density at radius 1 is 1.08 bits per heavy atom. The molecule has 3 fully saturated rings. The molecule has 1 aliphatic carbocycles. The van der Waals surface area contributed by atoms with Gasteiger partial charge in [0, 0.05) is 41.4 Å². The lowest BCUT2D eigenvalue weighted by atomic mass is 9.95. The van der Waals surface area contributed by atoms with Crippen LogP contribution in [-0.2, 0) is 9.53 Å². The summed E-state index contributed by atoms with van der Waals surface area (Å²) < 4.78 is 7.32. The number of thiophene rings is 1. The number of rotatable bonds is 9. The normalized spacial score (nSPS) is 25.1. The maximum absolute atomic E-state index is 13.1. The molecule has 9 heteroatoms. The van der Waals surface area contributed by atoms with Crippen LogP contribution in [0.25, 0.3) is 0 Å². The number of ether oxygens (including phenoxy) is 1. The maximum atomic E-state index is 13.1. The van der Waals surface area contributed by atoms with Gasteiger partial charge in [0.05, 0.1) is 13.2 Å². The number of hydrogen-bond acceptors (Lipinski definition) is 7. The lowest BCUT2D eigenvalue weighted by Crippen LogP contribution is -2.45. The van der Waals surface area contributed by atoms with Crippen molar-refractivity contribution >= 4 is 23.2 Å². The van der Waals surface area contributed by atoms with E-state index in [4.69, 9.17) is 4.74 Å². The van der Waals surface area contributed by atoms with Crippen molar-refractivity contribution in [1.29, 1.82) is 0 Å². The van der Waals surface area contributed by atoms with Gasteiger partial charge in [0.25, 0.3) is 0 Å². The number of carbonyl (C=O) groups is 2. The smallest absolute Gasteiger partial charge is 0.348 e. The Bertz CT molecular complexity index is 1090. The van der Waals surface area contributed by atoms with Crippen LogP contribution in [0.5, 0.6) is 0 Å². The molecular weight excluding hydrogens is 486 g/mol. The first-order valence-electron chi connectivity index (χ1n) is 14.0. The topological polar surface area (TPSA) is 89.3 Å². The Hall–Kier alpha value is -2.26. The molecular formula is C28H41N5O3S. The summed E-state index contributed by atoms with van der Waals surface area (Å²) in [6, 6.07) is 5.28. The number of piperidine rings is 1. The number of nitrogens with zero attached hydrogens (tertiary/aromatic N) is 4. The van der Waals surface area contributed by atoms with Gasteiger partial charge in [0.2, 0.25) is 5.91 Å². The Kier molecular flexibility index (Phi) is 8.00. The van der Waals surface area contributed by atoms with Gasteiger partial charge >= 0.3 is 5.97 Å². The molecule has 2 aromatic rings. The summed E-state index contributed by atoms with van der Waals surface area (Å²) in [5.41, 5.74) is 0. The Labute approximate surface area is 224 Å². The van der Waals surface area contributed by atoms with Crippen LogP contribution in [0.2, 0.25) is 0 Å². The number of fused-ring (bicyclic) bond motifs is 2. The highest BCUT2D eigenvalue weighted by Crippen LogP contribution is 2.42. The fraction of sp³-hybridized carbons (Fsp3) is 0.714. The highest BCUT2D eigenvalue weighted by atomic mass is 32.1. The fourth-order valence-electron chi connectivity index (χ4n) is 6.84. The third-order valence-corrected chi connectivity index (χ3v) is 9.89. The molecule has 1 N–H and O–H groups in total. The second-order valence-electron chi connectivity index (χ2n) is 11.4. The second kappa shape index (κ2) is 11.2. The van der Waals surface area contributed by atoms with E-state index in [1.165, 1.54) is 31.3 Å². The first-order valence-corrected chi connectivity index (χ1v) is 14.8. The standard InChI is InChI=1S/C28H41N5O3S/c1-17(2)26-31-30-18(3)33(26)22-15-20-9-10-21(16-22)32(20)14-13-23(29-27(34)19-7-5-6-8-19)24-11-12-25(37-24)28(35)36-4/h11-12,17,19-23H,5-10,13-16H2,1-4H3,(H,29,34)/t20?,21?,22?,23-/m0/s1. The van der Waals surface area contributed by atoms with E-state index in [0.29, 0.717) is 28.9 Å². The first-order chi connectivity index (χ1) is 17.9. The molecule has 1 amide bonds. The molecule has 0 radical (unpaired) electrons. The van der Waals surface area contributed by atoms with Crippen molar-refractivity contribution in [3.8, 4) is 0 Å². The molecule has 37 heavy (non-hydrogen) atoms. The van der Waals surface area contributed by atoms with Crippen molar-refractivity contribution in [1.82, 2.24) is 25.0 Å². The summed E-state index contributed by atoms with van der Waals surface area (Å²) in [4.78, 5) is 29.5. The van der Waals surface area contributed by atoms with Gasteiger partial charge in [-0.3, -0.25) is 9.69 Å². The van der Waals surface area contributed by atoms with E-state index >= 15 is 0 Å². The lowest BCUT2D eigenvalue weighted by molar-refractivity contribution is -0.125. The van der Waals surface area contributed by atoms with Crippen molar-refractivity contribution in [2.45, 2.75) is 109 Å². The van der Waals surface area contributed by atoms with Gasteiger partial charge in [-0.1, -0.05) is 26.7 Å². The van der Waals surface area contributed by atoms with Crippen LogP contribution in [0, 0.1) is 12.8 Å². The van der Waals surface area contributed by atoms with E-state index in [1.807, 2.05) is 12.1 Å². The van der Waals surface area contributed by atoms with Gasteiger partial charge in [-0.25, -0.2) is 4.79 Å². The van der Waals surface area contributed by atoms with Crippen molar-refractivity contribution in [3.05, 3.63) is 33.5 Å². The summed E-state index contributed by atoms with van der Waals surface area (Å²) >= 11 is 1.44. The molecule has 8 nitrogen and oxygen atoms in total. The number of methoxy groups -OCH3 is 1. The zero-order valence-electron chi connectivity index (χ0n) is 22.6. The second-order valence-corrected chi connectivity index (χ2v) is 12.5. The molecule has 2 bridgehead atoms. The summed E-state index contributed by atoms with van der Waals surface area (Å²) in [7, 11) is 1.41. The SMILES string of the molecule is COC(=O)c1ccc([C@H](CCN2C3CCC2CC(n2c(C)nnc2C(C)C)C3)NC(=O)C2CCCC2)s1. The number of amides is 1. The van der Waals surface area contributed by atoms with Crippen LogP contribution in [-0.4, -0.2) is 57.3 Å². The minimum absolute atomic E-state index is 0.0822. The highest BCUT2D eigenvalue weighted by molar-refractivity contribution is 7.14. The van der Waals surface area contributed by atoms with Crippen molar-refractivity contribution < 1.29 is 14.3 Å². The van der Waals surface area contributed by atoms with E-state index in [0.717, 1.165) is 68.0 Å². The highest BCUT2D eigenvalue weighted by Gasteiger charge is 2.42. The molecule has 0 spiro atoms. The molecule has 0 aromatic carbocycles. The van der Waals surface area contributed by atoms with Gasteiger partial charge in [0.15, 0.2) is 0 Å². The van der Waals surface area contributed by atoms with E-state index in [1.54, 1.807) is 0 Å². The van der Waals surface area contributed by atoms with Crippen molar-refractivity contribution in [2.24, 2.45) is 5.92 Å². The average molecular weight is 528 g/mol. The molecule has 2 unspecified atom stereocenters. The molecule has 4 heterocycles. The number of carbonyl (C=O) groups excluding carboxylic acids is 2. The van der Waals surface area contributed by atoms with Crippen LogP contribution < -0.4 is 5.32 Å². The van der Waals surface area contributed by atoms with Crippen LogP contribution in [0.3, 0.4) is 0 Å². The molecule has 5 rings (SSSR count). The van der Waals surface area contributed by atoms with Crippen LogP contribution >= 0.6 is 11.3 Å². The minimum atomic E-state index is -0.317. The van der Waals surface area contributed by atoms with E-state index < -0.39 is 0 Å². The van der Waals surface area contributed by atoms with E-state index in [9.17, 15) is 9.59 Å². The van der Waals surface area contributed by atoms with Crippen LogP contribution in [0.4, 0.5) is 0 Å².